The van der Waals surface area contributed by atoms with Crippen molar-refractivity contribution in [3.63, 3.8) is 0 Å². The predicted molar refractivity (Wildman–Crippen MR) is 73.6 cm³/mol. The van der Waals surface area contributed by atoms with Crippen molar-refractivity contribution in [1.82, 2.24) is 10.2 Å². The molecular weight excluding hydrogens is 228 g/mol. The number of hydrogen-bond donors (Lipinski definition) is 1. The smallest absolute Gasteiger partial charge is 0.326 e. The number of ether oxygens (including phenoxy) is 1. The molecule has 0 aromatic carbocycles. The van der Waals surface area contributed by atoms with Gasteiger partial charge in [0.1, 0.15) is 5.54 Å². The van der Waals surface area contributed by atoms with Crippen LogP contribution in [0.2, 0.25) is 0 Å². The number of nitrogens with one attached hydrogen (secondary N) is 1. The first-order valence-electron chi connectivity index (χ1n) is 7.06. The first kappa shape index (κ1) is 15.4. The molecule has 0 aliphatic heterocycles. The lowest BCUT2D eigenvalue weighted by molar-refractivity contribution is -0.148. The van der Waals surface area contributed by atoms with Crippen LogP contribution in [0.4, 0.5) is 0 Å². The Labute approximate surface area is 111 Å². The molecule has 0 spiro atoms. The summed E-state index contributed by atoms with van der Waals surface area (Å²) in [5.41, 5.74) is -0.462. The molecule has 0 heterocycles. The van der Waals surface area contributed by atoms with Crippen molar-refractivity contribution in [2.45, 2.75) is 64.1 Å². The number of esters is 1. The predicted octanol–water partition coefficient (Wildman–Crippen LogP) is 1.79. The number of carbonyl (C=O) groups is 1. The second kappa shape index (κ2) is 6.53. The van der Waals surface area contributed by atoms with E-state index in [0.29, 0.717) is 12.1 Å². The number of methoxy groups -OCH3 is 1. The highest BCUT2D eigenvalue weighted by Gasteiger charge is 2.47. The number of hydrogen-bond acceptors (Lipinski definition) is 4. The Hall–Kier alpha value is -0.610. The van der Waals surface area contributed by atoms with Crippen LogP contribution in [0.5, 0.6) is 0 Å². The van der Waals surface area contributed by atoms with E-state index in [9.17, 15) is 4.79 Å². The van der Waals surface area contributed by atoms with Gasteiger partial charge >= 0.3 is 5.97 Å². The first-order chi connectivity index (χ1) is 8.50. The van der Waals surface area contributed by atoms with Crippen molar-refractivity contribution < 1.29 is 9.53 Å². The molecule has 3 atom stereocenters. The average Bonchev–Trinajstić information content (AvgIpc) is 2.81. The molecule has 0 aromatic heterocycles. The Morgan fingerprint density at radius 1 is 1.56 bits per heavy atom. The summed E-state index contributed by atoms with van der Waals surface area (Å²) in [5.74, 6) is -0.107. The van der Waals surface area contributed by atoms with Gasteiger partial charge in [0, 0.05) is 12.1 Å². The largest absolute Gasteiger partial charge is 0.468 e. The quantitative estimate of drug-likeness (QED) is 0.736. The maximum Gasteiger partial charge on any atom is 0.326 e. The maximum atomic E-state index is 12.0. The van der Waals surface area contributed by atoms with E-state index in [1.54, 1.807) is 0 Å². The molecule has 4 nitrogen and oxygen atoms in total. The van der Waals surface area contributed by atoms with Crippen LogP contribution < -0.4 is 5.32 Å². The summed E-state index contributed by atoms with van der Waals surface area (Å²) >= 11 is 0. The van der Waals surface area contributed by atoms with Crippen LogP contribution >= 0.6 is 0 Å². The highest BCUT2D eigenvalue weighted by atomic mass is 16.5. The minimum Gasteiger partial charge on any atom is -0.468 e. The molecular formula is C14H28N2O2. The Morgan fingerprint density at radius 3 is 2.72 bits per heavy atom. The second-order valence-electron chi connectivity index (χ2n) is 5.42. The fourth-order valence-corrected chi connectivity index (χ4v) is 2.97. The molecule has 0 radical (unpaired) electrons. The normalized spacial score (nSPS) is 29.6. The topological polar surface area (TPSA) is 41.6 Å². The Balaban J connectivity index is 2.73. The lowest BCUT2D eigenvalue weighted by atomic mass is 9.97. The molecule has 4 heteroatoms. The average molecular weight is 256 g/mol. The molecule has 1 fully saturated rings. The van der Waals surface area contributed by atoms with Crippen molar-refractivity contribution in [3.05, 3.63) is 0 Å². The Kier molecular flexibility index (Phi) is 5.60. The highest BCUT2D eigenvalue weighted by molar-refractivity contribution is 5.81. The van der Waals surface area contributed by atoms with E-state index in [-0.39, 0.29) is 5.97 Å². The molecule has 3 unspecified atom stereocenters. The van der Waals surface area contributed by atoms with Gasteiger partial charge in [-0.1, -0.05) is 13.8 Å². The SMILES string of the molecule is CCNC1(C(=O)OC)CCC(N(C)C(C)CC)C1. The van der Waals surface area contributed by atoms with Crippen LogP contribution in [0.15, 0.2) is 0 Å². The van der Waals surface area contributed by atoms with E-state index in [1.807, 2.05) is 6.92 Å². The van der Waals surface area contributed by atoms with Crippen LogP contribution in [-0.4, -0.2) is 49.2 Å². The van der Waals surface area contributed by atoms with Crippen LogP contribution in [0.1, 0.15) is 46.5 Å². The molecule has 0 amide bonds. The zero-order valence-electron chi connectivity index (χ0n) is 12.5. The summed E-state index contributed by atoms with van der Waals surface area (Å²) in [5, 5.41) is 3.35. The third kappa shape index (κ3) is 3.04. The monoisotopic (exact) mass is 256 g/mol. The number of nitrogens with zero attached hydrogens (tertiary/aromatic N) is 1. The summed E-state index contributed by atoms with van der Waals surface area (Å²) in [4.78, 5) is 14.4. The zero-order valence-corrected chi connectivity index (χ0v) is 12.5. The van der Waals surface area contributed by atoms with Gasteiger partial charge in [-0.2, -0.15) is 0 Å². The lowest BCUT2D eigenvalue weighted by Gasteiger charge is -2.32. The Bertz CT molecular complexity index is 283. The number of rotatable bonds is 6. The van der Waals surface area contributed by atoms with Crippen molar-refractivity contribution in [1.29, 1.82) is 0 Å². The van der Waals surface area contributed by atoms with Crippen LogP contribution in [0.25, 0.3) is 0 Å². The lowest BCUT2D eigenvalue weighted by Crippen LogP contribution is -2.52. The van der Waals surface area contributed by atoms with E-state index in [2.05, 4.69) is 31.1 Å². The molecule has 1 saturated carbocycles. The minimum atomic E-state index is -0.462. The molecule has 1 aliphatic rings. The highest BCUT2D eigenvalue weighted by Crippen LogP contribution is 2.34. The van der Waals surface area contributed by atoms with E-state index in [4.69, 9.17) is 4.74 Å². The summed E-state index contributed by atoms with van der Waals surface area (Å²) < 4.78 is 4.98. The van der Waals surface area contributed by atoms with Gasteiger partial charge in [-0.05, 0) is 46.2 Å². The van der Waals surface area contributed by atoms with Gasteiger partial charge in [-0.25, -0.2) is 0 Å². The standard InChI is InChI=1S/C14H28N2O2/c1-6-11(3)16(4)12-8-9-14(10-12,15-7-2)13(17)18-5/h11-12,15H,6-10H2,1-5H3. The van der Waals surface area contributed by atoms with E-state index < -0.39 is 5.54 Å². The Morgan fingerprint density at radius 2 is 2.22 bits per heavy atom. The van der Waals surface area contributed by atoms with Gasteiger partial charge in [0.05, 0.1) is 7.11 Å². The van der Waals surface area contributed by atoms with Gasteiger partial charge in [-0.3, -0.25) is 4.79 Å². The fraction of sp³-hybridized carbons (Fsp3) is 0.929. The van der Waals surface area contributed by atoms with Gasteiger partial charge in [-0.15, -0.1) is 0 Å². The van der Waals surface area contributed by atoms with Crippen LogP contribution in [0, 0.1) is 0 Å². The van der Waals surface area contributed by atoms with Crippen molar-refractivity contribution >= 4 is 5.97 Å². The van der Waals surface area contributed by atoms with Gasteiger partial charge in [0.15, 0.2) is 0 Å². The molecule has 1 aliphatic carbocycles. The van der Waals surface area contributed by atoms with Crippen LogP contribution in [-0.2, 0) is 9.53 Å². The summed E-state index contributed by atoms with van der Waals surface area (Å²) in [6.45, 7) is 7.28. The van der Waals surface area contributed by atoms with Crippen molar-refractivity contribution in [3.8, 4) is 0 Å². The van der Waals surface area contributed by atoms with Gasteiger partial charge < -0.3 is 15.0 Å². The summed E-state index contributed by atoms with van der Waals surface area (Å²) in [7, 11) is 3.64. The second-order valence-corrected chi connectivity index (χ2v) is 5.42. The first-order valence-corrected chi connectivity index (χ1v) is 7.06. The third-order valence-electron chi connectivity index (χ3n) is 4.44. The van der Waals surface area contributed by atoms with Crippen LogP contribution in [0.3, 0.4) is 0 Å². The molecule has 1 N–H and O–H groups in total. The van der Waals surface area contributed by atoms with Crippen molar-refractivity contribution in [2.24, 2.45) is 0 Å². The number of likely N-dealkylation sites (N-methyl/N-ethyl adjacent to an activating group) is 1. The summed E-state index contributed by atoms with van der Waals surface area (Å²) in [6.07, 6.45) is 3.93. The van der Waals surface area contributed by atoms with E-state index in [1.165, 1.54) is 7.11 Å². The number of carbonyl (C=O) groups excluding carboxylic acids is 1. The molecule has 0 saturated heterocycles. The molecule has 106 valence electrons. The maximum absolute atomic E-state index is 12.0. The molecule has 18 heavy (non-hydrogen) atoms. The summed E-state index contributed by atoms with van der Waals surface area (Å²) in [6, 6.07) is 1.03. The minimum absolute atomic E-state index is 0.107. The molecule has 1 rings (SSSR count). The fourth-order valence-electron chi connectivity index (χ4n) is 2.97. The zero-order chi connectivity index (χ0) is 13.8. The van der Waals surface area contributed by atoms with E-state index in [0.717, 1.165) is 32.2 Å². The third-order valence-corrected chi connectivity index (χ3v) is 4.44. The molecule has 0 aromatic rings. The van der Waals surface area contributed by atoms with Gasteiger partial charge in [0.25, 0.3) is 0 Å². The van der Waals surface area contributed by atoms with Gasteiger partial charge in [0.2, 0.25) is 0 Å². The molecule has 0 bridgehead atoms. The van der Waals surface area contributed by atoms with E-state index >= 15 is 0 Å². The van der Waals surface area contributed by atoms with Crippen molar-refractivity contribution in [2.75, 3.05) is 20.7 Å².